The lowest BCUT2D eigenvalue weighted by Gasteiger charge is -2.26. The van der Waals surface area contributed by atoms with Crippen molar-refractivity contribution in [3.8, 4) is 5.75 Å². The summed E-state index contributed by atoms with van der Waals surface area (Å²) in [5, 5.41) is 2.90. The molecule has 1 aromatic carbocycles. The maximum absolute atomic E-state index is 12.0. The van der Waals surface area contributed by atoms with Gasteiger partial charge in [-0.15, -0.1) is 0 Å². The molecule has 0 heterocycles. The lowest BCUT2D eigenvalue weighted by molar-refractivity contribution is 0.238. The van der Waals surface area contributed by atoms with Crippen LogP contribution in [-0.2, 0) is 0 Å². The molecule has 0 fully saturated rings. The van der Waals surface area contributed by atoms with Gasteiger partial charge in [-0.1, -0.05) is 12.1 Å². The van der Waals surface area contributed by atoms with Crippen LogP contribution in [0, 0.1) is 0 Å². The first kappa shape index (κ1) is 13.4. The van der Waals surface area contributed by atoms with Gasteiger partial charge in [-0.25, -0.2) is 4.79 Å². The number of amides is 2. The second-order valence-electron chi connectivity index (χ2n) is 4.91. The number of nitrogens with zero attached hydrogens (tertiary/aromatic N) is 1. The molecule has 1 aromatic rings. The van der Waals surface area contributed by atoms with Crippen molar-refractivity contribution in [3.63, 3.8) is 0 Å². The van der Waals surface area contributed by atoms with Crippen LogP contribution in [0.5, 0.6) is 5.75 Å². The maximum atomic E-state index is 12.0. The molecule has 2 amide bonds. The molecule has 4 nitrogen and oxygen atoms in total. The highest BCUT2D eigenvalue weighted by molar-refractivity contribution is 5.93. The van der Waals surface area contributed by atoms with Crippen LogP contribution in [-0.4, -0.2) is 25.7 Å². The van der Waals surface area contributed by atoms with E-state index in [-0.39, 0.29) is 11.6 Å². The number of para-hydroxylation sites is 2. The van der Waals surface area contributed by atoms with Crippen molar-refractivity contribution >= 4 is 11.7 Å². The van der Waals surface area contributed by atoms with Gasteiger partial charge in [0.1, 0.15) is 5.75 Å². The van der Waals surface area contributed by atoms with Gasteiger partial charge >= 0.3 is 6.03 Å². The number of rotatable bonds is 2. The monoisotopic (exact) mass is 236 g/mol. The molecule has 0 bridgehead atoms. The summed E-state index contributed by atoms with van der Waals surface area (Å²) >= 11 is 0. The second-order valence-corrected chi connectivity index (χ2v) is 4.91. The van der Waals surface area contributed by atoms with Crippen molar-refractivity contribution in [2.75, 3.05) is 19.1 Å². The summed E-state index contributed by atoms with van der Waals surface area (Å²) in [7, 11) is 3.31. The first-order valence-electron chi connectivity index (χ1n) is 5.54. The molecule has 0 aliphatic carbocycles. The Balaban J connectivity index is 2.89. The molecule has 0 aliphatic heterocycles. The molecule has 1 rings (SSSR count). The number of carbonyl (C=O) groups is 1. The number of methoxy groups -OCH3 is 1. The van der Waals surface area contributed by atoms with Gasteiger partial charge in [0.25, 0.3) is 0 Å². The molecule has 0 unspecified atom stereocenters. The molecule has 0 spiro atoms. The van der Waals surface area contributed by atoms with Crippen molar-refractivity contribution < 1.29 is 9.53 Å². The molecular formula is C13H20N2O2. The Morgan fingerprint density at radius 2 is 1.88 bits per heavy atom. The van der Waals surface area contributed by atoms with Crippen LogP contribution in [0.4, 0.5) is 10.5 Å². The Kier molecular flexibility index (Phi) is 3.99. The fraction of sp³-hybridized carbons (Fsp3) is 0.462. The van der Waals surface area contributed by atoms with E-state index in [0.29, 0.717) is 5.75 Å². The fourth-order valence-corrected chi connectivity index (χ4v) is 1.42. The molecule has 0 aromatic heterocycles. The molecule has 94 valence electrons. The molecule has 0 atom stereocenters. The standard InChI is InChI=1S/C13H20N2O2/c1-13(2,3)14-12(16)15(4)10-8-6-7-9-11(10)17-5/h6-9H,1-5H3,(H,14,16). The molecule has 17 heavy (non-hydrogen) atoms. The van der Waals surface area contributed by atoms with E-state index in [4.69, 9.17) is 4.74 Å². The van der Waals surface area contributed by atoms with Crippen LogP contribution in [0.15, 0.2) is 24.3 Å². The van der Waals surface area contributed by atoms with Crippen LogP contribution in [0.3, 0.4) is 0 Å². The Bertz CT molecular complexity index is 397. The van der Waals surface area contributed by atoms with E-state index >= 15 is 0 Å². The number of nitrogens with one attached hydrogen (secondary N) is 1. The van der Waals surface area contributed by atoms with Gasteiger partial charge in [0.2, 0.25) is 0 Å². The van der Waals surface area contributed by atoms with E-state index in [1.165, 1.54) is 0 Å². The van der Waals surface area contributed by atoms with E-state index in [0.717, 1.165) is 5.69 Å². The number of hydrogen-bond donors (Lipinski definition) is 1. The number of ether oxygens (including phenoxy) is 1. The van der Waals surface area contributed by atoms with E-state index in [1.807, 2.05) is 45.0 Å². The number of urea groups is 1. The number of carbonyl (C=O) groups excluding carboxylic acids is 1. The molecule has 0 aliphatic rings. The van der Waals surface area contributed by atoms with Crippen molar-refractivity contribution in [1.82, 2.24) is 5.32 Å². The topological polar surface area (TPSA) is 41.6 Å². The van der Waals surface area contributed by atoms with Crippen LogP contribution in [0.1, 0.15) is 20.8 Å². The highest BCUT2D eigenvalue weighted by Gasteiger charge is 2.19. The van der Waals surface area contributed by atoms with Gasteiger partial charge in [-0.3, -0.25) is 4.90 Å². The molecule has 0 saturated carbocycles. The summed E-state index contributed by atoms with van der Waals surface area (Å²) in [5.41, 5.74) is 0.490. The third-order valence-electron chi connectivity index (χ3n) is 2.23. The Morgan fingerprint density at radius 1 is 1.29 bits per heavy atom. The van der Waals surface area contributed by atoms with Crippen molar-refractivity contribution in [2.45, 2.75) is 26.3 Å². The van der Waals surface area contributed by atoms with Crippen LogP contribution >= 0.6 is 0 Å². The lowest BCUT2D eigenvalue weighted by Crippen LogP contribution is -2.47. The first-order valence-corrected chi connectivity index (χ1v) is 5.54. The SMILES string of the molecule is COc1ccccc1N(C)C(=O)NC(C)(C)C. The number of anilines is 1. The van der Waals surface area contributed by atoms with Gasteiger partial charge in [0.05, 0.1) is 12.8 Å². The van der Waals surface area contributed by atoms with E-state index in [2.05, 4.69) is 5.32 Å². The smallest absolute Gasteiger partial charge is 0.322 e. The quantitative estimate of drug-likeness (QED) is 0.857. The Morgan fingerprint density at radius 3 is 2.41 bits per heavy atom. The minimum absolute atomic E-state index is 0.151. The maximum Gasteiger partial charge on any atom is 0.322 e. The lowest BCUT2D eigenvalue weighted by atomic mass is 10.1. The molecule has 0 saturated heterocycles. The summed E-state index contributed by atoms with van der Waals surface area (Å²) in [5.74, 6) is 0.680. The molecular weight excluding hydrogens is 216 g/mol. The normalized spacial score (nSPS) is 10.9. The van der Waals surface area contributed by atoms with Gasteiger partial charge in [0.15, 0.2) is 0 Å². The third kappa shape index (κ3) is 3.66. The Labute approximate surface area is 103 Å². The fourth-order valence-electron chi connectivity index (χ4n) is 1.42. The summed E-state index contributed by atoms with van der Waals surface area (Å²) in [6.07, 6.45) is 0. The minimum Gasteiger partial charge on any atom is -0.495 e. The van der Waals surface area contributed by atoms with Gasteiger partial charge in [-0.05, 0) is 32.9 Å². The van der Waals surface area contributed by atoms with Gasteiger partial charge in [0, 0.05) is 12.6 Å². The van der Waals surface area contributed by atoms with Crippen molar-refractivity contribution in [1.29, 1.82) is 0 Å². The van der Waals surface area contributed by atoms with Crippen molar-refractivity contribution in [2.24, 2.45) is 0 Å². The number of benzene rings is 1. The average molecular weight is 236 g/mol. The third-order valence-corrected chi connectivity index (χ3v) is 2.23. The van der Waals surface area contributed by atoms with Crippen molar-refractivity contribution in [3.05, 3.63) is 24.3 Å². The summed E-state index contributed by atoms with van der Waals surface area (Å²) in [6.45, 7) is 5.84. The van der Waals surface area contributed by atoms with Crippen LogP contribution in [0.2, 0.25) is 0 Å². The van der Waals surface area contributed by atoms with E-state index < -0.39 is 0 Å². The predicted octanol–water partition coefficient (Wildman–Crippen LogP) is 2.64. The summed E-state index contributed by atoms with van der Waals surface area (Å²) in [4.78, 5) is 13.5. The molecule has 4 heteroatoms. The number of hydrogen-bond acceptors (Lipinski definition) is 2. The minimum atomic E-state index is -0.257. The highest BCUT2D eigenvalue weighted by Crippen LogP contribution is 2.26. The molecule has 1 N–H and O–H groups in total. The van der Waals surface area contributed by atoms with Crippen LogP contribution in [0.25, 0.3) is 0 Å². The highest BCUT2D eigenvalue weighted by atomic mass is 16.5. The van der Waals surface area contributed by atoms with E-state index in [9.17, 15) is 4.79 Å². The van der Waals surface area contributed by atoms with Gasteiger partial charge < -0.3 is 10.1 Å². The Hall–Kier alpha value is -1.71. The summed E-state index contributed by atoms with van der Waals surface area (Å²) in [6, 6.07) is 7.27. The zero-order valence-electron chi connectivity index (χ0n) is 11.1. The first-order chi connectivity index (χ1) is 7.85. The zero-order valence-corrected chi connectivity index (χ0v) is 11.1. The van der Waals surface area contributed by atoms with Gasteiger partial charge in [-0.2, -0.15) is 0 Å². The zero-order chi connectivity index (χ0) is 13.1. The second kappa shape index (κ2) is 5.08. The predicted molar refractivity (Wildman–Crippen MR) is 69.7 cm³/mol. The average Bonchev–Trinajstić information content (AvgIpc) is 2.25. The summed E-state index contributed by atoms with van der Waals surface area (Å²) < 4.78 is 5.23. The largest absolute Gasteiger partial charge is 0.495 e. The van der Waals surface area contributed by atoms with Crippen LogP contribution < -0.4 is 15.0 Å². The van der Waals surface area contributed by atoms with E-state index in [1.54, 1.807) is 19.1 Å². The molecule has 0 radical (unpaired) electrons.